The van der Waals surface area contributed by atoms with Crippen LogP contribution in [0.4, 0.5) is 0 Å². The summed E-state index contributed by atoms with van der Waals surface area (Å²) in [5, 5.41) is 1.83. The van der Waals surface area contributed by atoms with Crippen LogP contribution in [0.1, 0.15) is 43.7 Å². The molecule has 182 valence electrons. The third-order valence-electron chi connectivity index (χ3n) is 7.09. The maximum absolute atomic E-state index is 12.8. The maximum atomic E-state index is 12.8. The van der Waals surface area contributed by atoms with Crippen molar-refractivity contribution in [2.24, 2.45) is 5.92 Å². The average molecular weight is 493 g/mol. The normalized spacial score (nSPS) is 20.1. The molecule has 4 rings (SSSR count). The van der Waals surface area contributed by atoms with Gasteiger partial charge in [0, 0.05) is 25.7 Å². The average Bonchev–Trinajstić information content (AvgIpc) is 3.39. The number of hydrogen-bond donors (Lipinski definition) is 0. The zero-order valence-electron chi connectivity index (χ0n) is 20.0. The third kappa shape index (κ3) is 5.39. The van der Waals surface area contributed by atoms with Gasteiger partial charge in [-0.15, -0.1) is 11.3 Å². The number of nitrogens with zero attached hydrogens (tertiary/aromatic N) is 2. The summed E-state index contributed by atoms with van der Waals surface area (Å²) < 4.78 is 38.9. The van der Waals surface area contributed by atoms with Crippen LogP contribution in [0.15, 0.2) is 33.9 Å². The van der Waals surface area contributed by atoms with E-state index in [9.17, 15) is 8.42 Å². The number of benzene rings is 1. The predicted octanol–water partition coefficient (Wildman–Crippen LogP) is 4.44. The summed E-state index contributed by atoms with van der Waals surface area (Å²) in [6.45, 7) is 5.62. The highest BCUT2D eigenvalue weighted by Gasteiger charge is 2.32. The lowest BCUT2D eigenvalue weighted by molar-refractivity contribution is 0.129. The second kappa shape index (κ2) is 10.8. The molecule has 1 aromatic carbocycles. The Morgan fingerprint density at radius 2 is 1.79 bits per heavy atom. The molecule has 0 saturated carbocycles. The van der Waals surface area contributed by atoms with Crippen LogP contribution in [-0.2, 0) is 22.9 Å². The highest BCUT2D eigenvalue weighted by atomic mass is 32.2. The fraction of sp³-hybridized carbons (Fsp3) is 0.600. The minimum atomic E-state index is -3.33. The number of fused-ring (bicyclic) bond motifs is 1. The molecule has 1 aliphatic carbocycles. The molecular formula is C25H36N2O4S2. The van der Waals surface area contributed by atoms with E-state index in [1.807, 2.05) is 5.38 Å². The van der Waals surface area contributed by atoms with E-state index < -0.39 is 10.0 Å². The Morgan fingerprint density at radius 3 is 2.39 bits per heavy atom. The van der Waals surface area contributed by atoms with Crippen LogP contribution in [0.25, 0.3) is 0 Å². The molecule has 33 heavy (non-hydrogen) atoms. The first-order valence-corrected chi connectivity index (χ1v) is 14.3. The van der Waals surface area contributed by atoms with Crippen LogP contribution in [0, 0.1) is 5.92 Å². The van der Waals surface area contributed by atoms with Crippen molar-refractivity contribution >= 4 is 21.4 Å². The van der Waals surface area contributed by atoms with Gasteiger partial charge in [-0.3, -0.25) is 4.90 Å². The van der Waals surface area contributed by atoms with Gasteiger partial charge in [-0.05, 0) is 85.7 Å². The van der Waals surface area contributed by atoms with Gasteiger partial charge in [0.2, 0.25) is 0 Å². The Balaban J connectivity index is 1.39. The number of aryl methyl sites for hydroxylation is 1. The van der Waals surface area contributed by atoms with Crippen molar-refractivity contribution in [3.8, 4) is 11.5 Å². The molecule has 0 radical (unpaired) electrons. The maximum Gasteiger partial charge on any atom is 0.252 e. The first-order chi connectivity index (χ1) is 16.0. The molecule has 2 aromatic rings. The Labute approximate surface area is 202 Å². The quantitative estimate of drug-likeness (QED) is 0.518. The van der Waals surface area contributed by atoms with Crippen LogP contribution in [0.2, 0.25) is 0 Å². The molecular weight excluding hydrogens is 456 g/mol. The van der Waals surface area contributed by atoms with Gasteiger partial charge in [0.1, 0.15) is 4.21 Å². The van der Waals surface area contributed by atoms with E-state index in [0.29, 0.717) is 29.3 Å². The van der Waals surface area contributed by atoms with E-state index in [4.69, 9.17) is 9.47 Å². The minimum Gasteiger partial charge on any atom is -0.493 e. The van der Waals surface area contributed by atoms with Gasteiger partial charge in [-0.25, -0.2) is 8.42 Å². The Bertz CT molecular complexity index is 1020. The SMILES string of the molecule is CCCN(CC1CCN(S(=O)(=O)c2cccs2)CC1)C1CCc2cc(OC)c(OC)cc2C1. The summed E-state index contributed by atoms with van der Waals surface area (Å²) in [7, 11) is 0.0527. The largest absolute Gasteiger partial charge is 0.493 e. The second-order valence-electron chi connectivity index (χ2n) is 9.15. The molecule has 0 spiro atoms. The van der Waals surface area contributed by atoms with Gasteiger partial charge in [0.05, 0.1) is 14.2 Å². The van der Waals surface area contributed by atoms with Gasteiger partial charge in [-0.1, -0.05) is 13.0 Å². The Kier molecular flexibility index (Phi) is 7.99. The summed E-state index contributed by atoms with van der Waals surface area (Å²) in [6, 6.07) is 8.32. The predicted molar refractivity (Wildman–Crippen MR) is 133 cm³/mol. The molecule has 6 nitrogen and oxygen atoms in total. The monoisotopic (exact) mass is 492 g/mol. The summed E-state index contributed by atoms with van der Waals surface area (Å²) >= 11 is 1.30. The molecule has 1 atom stereocenters. The first-order valence-electron chi connectivity index (χ1n) is 12.0. The fourth-order valence-corrected chi connectivity index (χ4v) is 7.90. The van der Waals surface area contributed by atoms with Crippen LogP contribution < -0.4 is 9.47 Å². The number of sulfonamides is 1. The molecule has 1 aromatic heterocycles. The van der Waals surface area contributed by atoms with Crippen molar-refractivity contribution < 1.29 is 17.9 Å². The summed E-state index contributed by atoms with van der Waals surface area (Å²) in [5.74, 6) is 2.15. The van der Waals surface area contributed by atoms with Gasteiger partial charge in [-0.2, -0.15) is 4.31 Å². The lowest BCUT2D eigenvalue weighted by Gasteiger charge is -2.39. The Morgan fingerprint density at radius 1 is 1.09 bits per heavy atom. The number of ether oxygens (including phenoxy) is 2. The summed E-state index contributed by atoms with van der Waals surface area (Å²) in [4.78, 5) is 2.66. The standard InChI is InChI=1S/C25H36N2O4S2/c1-4-11-26(22-8-7-20-16-23(30-2)24(31-3)17-21(20)15-22)18-19-9-12-27(13-10-19)33(28,29)25-6-5-14-32-25/h5-6,14,16-17,19,22H,4,7-13,15,18H2,1-3H3. The molecule has 2 heterocycles. The zero-order valence-corrected chi connectivity index (χ0v) is 21.6. The van der Waals surface area contributed by atoms with E-state index in [2.05, 4.69) is 24.0 Å². The third-order valence-corrected chi connectivity index (χ3v) is 10.4. The first kappa shape index (κ1) is 24.5. The van der Waals surface area contributed by atoms with E-state index in [-0.39, 0.29) is 0 Å². The van der Waals surface area contributed by atoms with E-state index in [0.717, 1.165) is 63.1 Å². The molecule has 1 aliphatic heterocycles. The number of hydrogen-bond acceptors (Lipinski definition) is 6. The van der Waals surface area contributed by atoms with E-state index >= 15 is 0 Å². The van der Waals surface area contributed by atoms with Crippen molar-refractivity contribution in [1.82, 2.24) is 9.21 Å². The van der Waals surface area contributed by atoms with Crippen molar-refractivity contribution in [2.45, 2.75) is 55.7 Å². The minimum absolute atomic E-state index is 0.460. The molecule has 2 aliphatic rings. The Hall–Kier alpha value is -1.61. The van der Waals surface area contributed by atoms with Crippen LogP contribution in [0.3, 0.4) is 0 Å². The zero-order chi connectivity index (χ0) is 23.4. The molecule has 0 amide bonds. The highest BCUT2D eigenvalue weighted by molar-refractivity contribution is 7.91. The van der Waals surface area contributed by atoms with Crippen molar-refractivity contribution in [2.75, 3.05) is 40.4 Å². The molecule has 1 saturated heterocycles. The summed E-state index contributed by atoms with van der Waals surface area (Å²) in [5.41, 5.74) is 2.73. The van der Waals surface area contributed by atoms with Crippen LogP contribution in [-0.4, -0.2) is 64.1 Å². The summed E-state index contributed by atoms with van der Waals surface area (Å²) in [6.07, 6.45) is 6.21. The molecule has 0 bridgehead atoms. The van der Waals surface area contributed by atoms with Crippen molar-refractivity contribution in [3.63, 3.8) is 0 Å². The lowest BCUT2D eigenvalue weighted by Crippen LogP contribution is -2.45. The van der Waals surface area contributed by atoms with Crippen LogP contribution >= 0.6 is 11.3 Å². The number of piperidine rings is 1. The topological polar surface area (TPSA) is 59.1 Å². The van der Waals surface area contributed by atoms with Gasteiger partial charge in [0.15, 0.2) is 11.5 Å². The van der Waals surface area contributed by atoms with Crippen molar-refractivity contribution in [3.05, 3.63) is 40.8 Å². The lowest BCUT2D eigenvalue weighted by atomic mass is 9.86. The van der Waals surface area contributed by atoms with Crippen molar-refractivity contribution in [1.29, 1.82) is 0 Å². The van der Waals surface area contributed by atoms with Gasteiger partial charge < -0.3 is 9.47 Å². The fourth-order valence-electron chi connectivity index (χ4n) is 5.29. The highest BCUT2D eigenvalue weighted by Crippen LogP contribution is 2.36. The van der Waals surface area contributed by atoms with E-state index in [1.54, 1.807) is 30.7 Å². The van der Waals surface area contributed by atoms with E-state index in [1.165, 1.54) is 22.5 Å². The molecule has 8 heteroatoms. The van der Waals surface area contributed by atoms with Crippen LogP contribution in [0.5, 0.6) is 11.5 Å². The number of methoxy groups -OCH3 is 2. The molecule has 1 unspecified atom stereocenters. The van der Waals surface area contributed by atoms with Gasteiger partial charge >= 0.3 is 0 Å². The second-order valence-corrected chi connectivity index (χ2v) is 12.3. The number of thiophene rings is 1. The molecule has 0 N–H and O–H groups in total. The van der Waals surface area contributed by atoms with Gasteiger partial charge in [0.25, 0.3) is 10.0 Å². The molecule has 1 fully saturated rings. The smallest absolute Gasteiger partial charge is 0.252 e. The number of rotatable bonds is 9.